The van der Waals surface area contributed by atoms with Gasteiger partial charge in [0.05, 0.1) is 31.6 Å². The molecule has 0 radical (unpaired) electrons. The smallest absolute Gasteiger partial charge is 0.326 e. The molecule has 3 aromatic rings. The van der Waals surface area contributed by atoms with Crippen LogP contribution in [0.1, 0.15) is 110 Å². The predicted octanol–water partition coefficient (Wildman–Crippen LogP) is -4.01. The summed E-state index contributed by atoms with van der Waals surface area (Å²) in [6.45, 7) is 8.52. The number of hydrogen-bond acceptors (Lipinski definition) is 19. The van der Waals surface area contributed by atoms with Crippen LogP contribution in [0.2, 0.25) is 0 Å². The number of carboxylic acid groups (broad SMARTS) is 3. The second kappa shape index (κ2) is 37.8. The van der Waals surface area contributed by atoms with Crippen LogP contribution < -0.4 is 58.9 Å². The van der Waals surface area contributed by atoms with Gasteiger partial charge in [0.2, 0.25) is 65.0 Å². The Balaban J connectivity index is 1.44. The lowest BCUT2D eigenvalue weighted by Crippen LogP contribution is -2.61. The molecule has 12 atom stereocenters. The number of likely N-dealkylation sites (tertiary alicyclic amines) is 1. The number of aromatic nitrogens is 6. The molecular weight excluding hydrogens is 1240 g/mol. The van der Waals surface area contributed by atoms with Crippen LogP contribution >= 0.6 is 11.8 Å². The van der Waals surface area contributed by atoms with Gasteiger partial charge in [-0.25, -0.2) is 19.7 Å². The number of carbonyl (C=O) groups is 14. The minimum absolute atomic E-state index is 0.0193. The number of aliphatic carboxylic acids is 3. The van der Waals surface area contributed by atoms with Crippen LogP contribution in [-0.4, -0.2) is 225 Å². The zero-order valence-electron chi connectivity index (χ0n) is 52.7. The summed E-state index contributed by atoms with van der Waals surface area (Å²) < 4.78 is 0. The summed E-state index contributed by atoms with van der Waals surface area (Å²) in [5.74, 6) is -14.5. The summed E-state index contributed by atoms with van der Waals surface area (Å²) in [6.07, 6.45) is 8.03. The summed E-state index contributed by atoms with van der Waals surface area (Å²) in [6, 6.07) is -15.0. The standard InChI is InChI=1S/C57H86N18O17S/c1-8-29(4)46(74-51(85)36(12-14-44(79)80)69-53(87)39(70-47(81)30(5)58)19-33-22-60-26-64-33)55(89)71-38(18-32-21-59-25-63-32)52(86)66-31(6)48(82)73-45(28(2)3)54(88)62-24-42(76)67-37(15-17-93-7)50(84)68-35(11-13-43(77)78)49(83)72-40(20-34-23-61-27-65-34)56(90)75-16-9-10-41(75)57(91)92/h21-23,25-31,35-41,45-46H,8-20,24,58H2,1-7H3,(H,59,63)(H,60,64)(H,61,65)(H,62,88)(H,66,86)(H,67,76)(H,68,84)(H,69,87)(H,70,81)(H,71,89)(H,72,83)(H,73,82)(H,74,85)(H,77,78)(H,79,80)(H,91,92)/t29-,30-,31-,35-,36-,37-,38-,39-,40-,41-,45-,46-/m0/s1. The molecule has 0 aromatic carbocycles. The van der Waals surface area contributed by atoms with Gasteiger partial charge in [0.15, 0.2) is 0 Å². The number of nitrogens with two attached hydrogens (primary N) is 1. The van der Waals surface area contributed by atoms with E-state index in [4.69, 9.17) is 5.73 Å². The molecule has 4 rings (SSSR count). The zero-order valence-corrected chi connectivity index (χ0v) is 53.5. The maximum atomic E-state index is 14.3. The van der Waals surface area contributed by atoms with Crippen LogP contribution in [0.3, 0.4) is 0 Å². The summed E-state index contributed by atoms with van der Waals surface area (Å²) in [4.78, 5) is 209. The van der Waals surface area contributed by atoms with Gasteiger partial charge in [-0.3, -0.25) is 62.3 Å². The van der Waals surface area contributed by atoms with Gasteiger partial charge in [0, 0.05) is 74.3 Å². The zero-order chi connectivity index (χ0) is 69.1. The molecule has 3 aromatic heterocycles. The third-order valence-electron chi connectivity index (χ3n) is 15.1. The maximum absolute atomic E-state index is 14.3. The lowest BCUT2D eigenvalue weighted by Gasteiger charge is -2.29. The van der Waals surface area contributed by atoms with Crippen LogP contribution in [0.15, 0.2) is 37.6 Å². The number of carbonyl (C=O) groups excluding carboxylic acids is 11. The molecule has 4 heterocycles. The summed E-state index contributed by atoms with van der Waals surface area (Å²) in [5.41, 5.74) is 6.91. The lowest BCUT2D eigenvalue weighted by molar-refractivity contribution is -0.149. The highest BCUT2D eigenvalue weighted by Crippen LogP contribution is 2.20. The van der Waals surface area contributed by atoms with Crippen molar-refractivity contribution in [3.05, 3.63) is 54.7 Å². The van der Waals surface area contributed by atoms with E-state index in [-0.39, 0.29) is 50.8 Å². The highest BCUT2D eigenvalue weighted by molar-refractivity contribution is 7.98. The summed E-state index contributed by atoms with van der Waals surface area (Å²) in [7, 11) is 0. The van der Waals surface area contributed by atoms with E-state index in [9.17, 15) is 82.4 Å². The van der Waals surface area contributed by atoms with Crippen molar-refractivity contribution >= 4 is 94.6 Å². The fourth-order valence-electron chi connectivity index (χ4n) is 9.59. The Labute approximate surface area is 539 Å². The van der Waals surface area contributed by atoms with Gasteiger partial charge in [-0.15, -0.1) is 0 Å². The van der Waals surface area contributed by atoms with E-state index >= 15 is 0 Å². The van der Waals surface area contributed by atoms with Crippen molar-refractivity contribution in [1.82, 2.24) is 88.0 Å². The van der Waals surface area contributed by atoms with E-state index < -0.39 is 193 Å². The minimum atomic E-state index is -1.58. The number of imidazole rings is 3. The second-order valence-corrected chi connectivity index (χ2v) is 23.8. The Morgan fingerprint density at radius 1 is 0.559 bits per heavy atom. The third-order valence-corrected chi connectivity index (χ3v) is 15.7. The minimum Gasteiger partial charge on any atom is -0.481 e. The van der Waals surface area contributed by atoms with E-state index in [1.807, 2.05) is 0 Å². The van der Waals surface area contributed by atoms with Crippen molar-refractivity contribution < 1.29 is 82.4 Å². The Kier molecular flexibility index (Phi) is 30.8. The van der Waals surface area contributed by atoms with Gasteiger partial charge in [-0.1, -0.05) is 34.1 Å². The Morgan fingerprint density at radius 3 is 1.45 bits per heavy atom. The normalized spacial score (nSPS) is 16.4. The first-order chi connectivity index (χ1) is 44.0. The monoisotopic (exact) mass is 1330 g/mol. The van der Waals surface area contributed by atoms with Crippen LogP contribution in [0.4, 0.5) is 0 Å². The number of hydrogen-bond donors (Lipinski definition) is 17. The topological polar surface area (TPSA) is 535 Å². The molecule has 0 spiro atoms. The fourth-order valence-corrected chi connectivity index (χ4v) is 10.1. The Hall–Kier alpha value is -9.48. The van der Waals surface area contributed by atoms with Crippen LogP contribution in [0.5, 0.6) is 0 Å². The molecule has 512 valence electrons. The molecule has 1 saturated heterocycles. The van der Waals surface area contributed by atoms with Gasteiger partial charge in [-0.05, 0) is 69.8 Å². The average Bonchev–Trinajstić information content (AvgIpc) is 1.85. The first-order valence-corrected chi connectivity index (χ1v) is 31.6. The number of thioether (sulfide) groups is 1. The largest absolute Gasteiger partial charge is 0.481 e. The molecule has 0 aliphatic carbocycles. The van der Waals surface area contributed by atoms with Crippen molar-refractivity contribution in [2.24, 2.45) is 17.6 Å². The Morgan fingerprint density at radius 2 is 1.00 bits per heavy atom. The third kappa shape index (κ3) is 24.9. The molecule has 0 bridgehead atoms. The quantitative estimate of drug-likeness (QED) is 0.0258. The van der Waals surface area contributed by atoms with E-state index in [1.165, 1.54) is 63.2 Å². The van der Waals surface area contributed by atoms with E-state index in [0.717, 1.165) is 4.90 Å². The first kappa shape index (κ1) is 76.0. The van der Waals surface area contributed by atoms with Crippen molar-refractivity contribution in [3.63, 3.8) is 0 Å². The van der Waals surface area contributed by atoms with Crippen molar-refractivity contribution in [2.45, 2.75) is 179 Å². The molecule has 0 unspecified atom stereocenters. The lowest BCUT2D eigenvalue weighted by atomic mass is 9.96. The number of amides is 11. The number of carboxylic acids is 3. The van der Waals surface area contributed by atoms with Gasteiger partial charge in [0.1, 0.15) is 60.4 Å². The average molecular weight is 1330 g/mol. The number of rotatable bonds is 40. The maximum Gasteiger partial charge on any atom is 0.326 e. The summed E-state index contributed by atoms with van der Waals surface area (Å²) in [5, 5.41) is 54.2. The van der Waals surface area contributed by atoms with Gasteiger partial charge >= 0.3 is 17.9 Å². The molecule has 1 aliphatic rings. The SMILES string of the molecule is CC[C@H](C)[C@H](NC(=O)[C@H](CCC(=O)O)NC(=O)[C@H](Cc1cnc[nH]1)NC(=O)[C@H](C)N)C(=O)N[C@@H](Cc1cnc[nH]1)C(=O)N[C@@H](C)C(=O)N[C@H](C(=O)NCC(=O)N[C@@H](CCSC)C(=O)N[C@@H](CCC(=O)O)C(=O)N[C@@H](Cc1cnc[nH]1)C(=O)N1CCC[C@H]1C(=O)O)C(C)C. The van der Waals surface area contributed by atoms with Gasteiger partial charge in [-0.2, -0.15) is 11.8 Å². The van der Waals surface area contributed by atoms with E-state index in [0.29, 0.717) is 23.5 Å². The van der Waals surface area contributed by atoms with Crippen molar-refractivity contribution in [1.29, 1.82) is 0 Å². The van der Waals surface area contributed by atoms with Crippen LogP contribution in [0, 0.1) is 11.8 Å². The highest BCUT2D eigenvalue weighted by Gasteiger charge is 2.40. The highest BCUT2D eigenvalue weighted by atomic mass is 32.2. The molecule has 11 amide bonds. The number of H-pyrrole nitrogens is 3. The molecule has 36 heteroatoms. The van der Waals surface area contributed by atoms with Crippen molar-refractivity contribution in [2.75, 3.05) is 25.1 Å². The van der Waals surface area contributed by atoms with Crippen LogP contribution in [-0.2, 0) is 86.4 Å². The van der Waals surface area contributed by atoms with Gasteiger partial charge < -0.3 is 94.1 Å². The molecule has 0 saturated carbocycles. The number of nitrogens with zero attached hydrogens (tertiary/aromatic N) is 4. The van der Waals surface area contributed by atoms with Crippen molar-refractivity contribution in [3.8, 4) is 0 Å². The summed E-state index contributed by atoms with van der Waals surface area (Å²) >= 11 is 1.30. The molecular formula is C57H86N18O17S. The molecule has 1 fully saturated rings. The second-order valence-electron chi connectivity index (χ2n) is 22.8. The molecule has 35 nitrogen and oxygen atoms in total. The van der Waals surface area contributed by atoms with E-state index in [1.54, 1.807) is 34.0 Å². The number of nitrogens with one attached hydrogen (secondary N) is 13. The Bertz CT molecular complexity index is 3040. The molecule has 18 N–H and O–H groups in total. The first-order valence-electron chi connectivity index (χ1n) is 30.2. The van der Waals surface area contributed by atoms with Gasteiger partial charge in [0.25, 0.3) is 0 Å². The molecule has 93 heavy (non-hydrogen) atoms. The predicted molar refractivity (Wildman–Crippen MR) is 330 cm³/mol. The van der Waals surface area contributed by atoms with Crippen LogP contribution in [0.25, 0.3) is 0 Å². The van der Waals surface area contributed by atoms with E-state index in [2.05, 4.69) is 83.1 Å². The number of aromatic amines is 3. The fraction of sp³-hybridized carbons (Fsp3) is 0.596. The molecule has 1 aliphatic heterocycles.